The van der Waals surface area contributed by atoms with Gasteiger partial charge in [-0.15, -0.1) is 0 Å². The summed E-state index contributed by atoms with van der Waals surface area (Å²) in [5, 5.41) is -0.0399. The molecule has 0 fully saturated rings. The lowest BCUT2D eigenvalue weighted by Crippen LogP contribution is -2.24. The second-order valence-corrected chi connectivity index (χ2v) is 14.0. The summed E-state index contributed by atoms with van der Waals surface area (Å²) in [7, 11) is -11.2. The number of pyridine rings is 1. The van der Waals surface area contributed by atoms with E-state index in [9.17, 15) is 34.6 Å². The average Bonchev–Trinajstić information content (AvgIpc) is 2.93. The van der Waals surface area contributed by atoms with Crippen molar-refractivity contribution in [3.63, 3.8) is 0 Å². The van der Waals surface area contributed by atoms with Crippen molar-refractivity contribution in [2.45, 2.75) is 24.6 Å². The fourth-order valence-electron chi connectivity index (χ4n) is 3.33. The van der Waals surface area contributed by atoms with Gasteiger partial charge in [0.1, 0.15) is 17.8 Å². The van der Waals surface area contributed by atoms with Crippen LogP contribution in [0, 0.1) is 11.8 Å². The van der Waals surface area contributed by atoms with Crippen LogP contribution in [-0.4, -0.2) is 54.6 Å². The molecule has 0 aliphatic heterocycles. The Hall–Kier alpha value is -3.25. The molecular weight excluding hydrogens is 622 g/mol. The van der Waals surface area contributed by atoms with Crippen molar-refractivity contribution in [2.75, 3.05) is 26.6 Å². The van der Waals surface area contributed by atoms with Gasteiger partial charge in [0, 0.05) is 16.4 Å². The highest BCUT2D eigenvalue weighted by atomic mass is 32.2. The molecule has 3 aromatic rings. The first-order chi connectivity index (χ1) is 19.5. The number of hydrogen-bond donors (Lipinski definition) is 0. The van der Waals surface area contributed by atoms with Crippen molar-refractivity contribution in [3.8, 4) is 17.6 Å². The topological polar surface area (TPSA) is 135 Å². The minimum Gasteiger partial charge on any atom is -0.497 e. The van der Waals surface area contributed by atoms with Gasteiger partial charge in [-0.1, -0.05) is 11.8 Å². The molecule has 1 atom stereocenters. The van der Waals surface area contributed by atoms with Crippen molar-refractivity contribution in [2.24, 2.45) is 0 Å². The summed E-state index contributed by atoms with van der Waals surface area (Å²) < 4.78 is 119. The summed E-state index contributed by atoms with van der Waals surface area (Å²) >= 11 is 0. The van der Waals surface area contributed by atoms with E-state index in [0.717, 1.165) is 30.5 Å². The Balaban J connectivity index is 2.06. The van der Waals surface area contributed by atoms with Crippen LogP contribution in [0.3, 0.4) is 0 Å². The largest absolute Gasteiger partial charge is 0.497 e. The van der Waals surface area contributed by atoms with Gasteiger partial charge in [-0.3, -0.25) is 12.9 Å². The monoisotopic (exact) mass is 647 g/mol. The Bertz CT molecular complexity index is 1730. The minimum absolute atomic E-state index is 0.0399. The Labute approximate surface area is 241 Å². The number of ether oxygens (including phenoxy) is 1. The maximum absolute atomic E-state index is 14.2. The summed E-state index contributed by atoms with van der Waals surface area (Å²) in [6, 6.07) is 13.7. The molecule has 0 saturated heterocycles. The molecule has 42 heavy (non-hydrogen) atoms. The van der Waals surface area contributed by atoms with Crippen LogP contribution >= 0.6 is 7.37 Å². The third-order valence-corrected chi connectivity index (χ3v) is 9.44. The number of aromatic nitrogens is 1. The Kier molecular flexibility index (Phi) is 10.6. The number of methoxy groups -OCH3 is 1. The molecule has 3 rings (SSSR count). The fraction of sp³-hybridized carbons (Fsp3) is 0.269. The number of halogens is 3. The number of rotatable bonds is 11. The van der Waals surface area contributed by atoms with Crippen LogP contribution in [0.2, 0.25) is 0 Å². The molecule has 0 saturated carbocycles. The molecular formula is C26H25F3NO9PS2. The van der Waals surface area contributed by atoms with Crippen LogP contribution in [-0.2, 0) is 44.3 Å². The van der Waals surface area contributed by atoms with Crippen LogP contribution in [0.5, 0.6) is 5.75 Å². The lowest BCUT2D eigenvalue weighted by atomic mass is 10.2. The number of hydrogen-bond acceptors (Lipinski definition) is 10. The lowest BCUT2D eigenvalue weighted by molar-refractivity contribution is -0.152. The first kappa shape index (κ1) is 33.3. The Morgan fingerprint density at radius 2 is 1.52 bits per heavy atom. The third-order valence-electron chi connectivity index (χ3n) is 5.18. The predicted molar refractivity (Wildman–Crippen MR) is 147 cm³/mol. The van der Waals surface area contributed by atoms with Gasteiger partial charge < -0.3 is 9.26 Å². The van der Waals surface area contributed by atoms with Crippen LogP contribution < -0.4 is 15.5 Å². The van der Waals surface area contributed by atoms with E-state index in [1.54, 1.807) is 31.2 Å². The molecule has 1 unspecified atom stereocenters. The number of alkyl halides is 3. The van der Waals surface area contributed by atoms with Gasteiger partial charge in [-0.2, -0.15) is 30.0 Å². The predicted octanol–water partition coefficient (Wildman–Crippen LogP) is 3.50. The van der Waals surface area contributed by atoms with E-state index in [4.69, 9.17) is 13.4 Å². The highest BCUT2D eigenvalue weighted by Crippen LogP contribution is 2.44. The Morgan fingerprint density at radius 3 is 2.07 bits per heavy atom. The van der Waals surface area contributed by atoms with Crippen LogP contribution in [0.25, 0.3) is 0 Å². The molecule has 10 nitrogen and oxygen atoms in total. The zero-order valence-electron chi connectivity index (χ0n) is 22.4. The zero-order chi connectivity index (χ0) is 31.2. The molecule has 1 aromatic heterocycles. The third kappa shape index (κ3) is 9.38. The second kappa shape index (κ2) is 13.4. The average molecular weight is 648 g/mol. The second-order valence-electron chi connectivity index (χ2n) is 8.44. The quantitative estimate of drug-likeness (QED) is 0.173. The normalized spacial score (nSPS) is 13.6. The summed E-state index contributed by atoms with van der Waals surface area (Å²) in [4.78, 5) is 3.68. The smallest absolute Gasteiger partial charge is 0.413 e. The van der Waals surface area contributed by atoms with Crippen molar-refractivity contribution >= 4 is 38.3 Å². The van der Waals surface area contributed by atoms with Crippen molar-refractivity contribution < 1.29 is 52.2 Å². The van der Waals surface area contributed by atoms with E-state index in [1.807, 2.05) is 0 Å². The van der Waals surface area contributed by atoms with Crippen LogP contribution in [0.15, 0.2) is 65.6 Å². The van der Waals surface area contributed by atoms with Crippen LogP contribution in [0.1, 0.15) is 23.7 Å². The van der Waals surface area contributed by atoms with Gasteiger partial charge in [0.25, 0.3) is 27.6 Å². The summed E-state index contributed by atoms with van der Waals surface area (Å²) in [5.74, 6) is 6.44. The van der Waals surface area contributed by atoms with Gasteiger partial charge >= 0.3 is 6.18 Å². The molecule has 0 N–H and O–H groups in total. The van der Waals surface area contributed by atoms with Crippen molar-refractivity contribution in [1.82, 2.24) is 4.98 Å². The zero-order valence-corrected chi connectivity index (χ0v) is 24.9. The Morgan fingerprint density at radius 1 is 0.905 bits per heavy atom. The lowest BCUT2D eigenvalue weighted by Gasteiger charge is -2.19. The SMILES string of the molecule is CCOP(=O)(c1ccc(S(=O)(=O)OCC(F)(F)F)cc1)c1cc(C#Cc2ccc(OC)cc2)cc(COS(C)(=O)=O)n1. The molecule has 0 bridgehead atoms. The summed E-state index contributed by atoms with van der Waals surface area (Å²) in [6.45, 7) is -1.05. The number of benzene rings is 2. The molecule has 2 aromatic carbocycles. The fourth-order valence-corrected chi connectivity index (χ4v) is 6.58. The summed E-state index contributed by atoms with van der Waals surface area (Å²) in [6.07, 6.45) is -4.02. The summed E-state index contributed by atoms with van der Waals surface area (Å²) in [5.41, 5.74) is 0.793. The molecule has 0 spiro atoms. The molecule has 0 aliphatic carbocycles. The first-order valence-electron chi connectivity index (χ1n) is 11.9. The molecule has 1 heterocycles. The number of nitrogens with zero attached hydrogens (tertiary/aromatic N) is 1. The maximum Gasteiger partial charge on any atom is 0.413 e. The van der Waals surface area contributed by atoms with E-state index < -0.39 is 51.9 Å². The van der Waals surface area contributed by atoms with Crippen molar-refractivity contribution in [3.05, 3.63) is 77.5 Å². The standard InChI is InChI=1S/C26H25F3NO9PS2/c1-4-37-40(31,23-11-13-24(14-12-23)42(34,35)39-18-26(27,28)29)25-16-20(15-21(30-25)17-38-41(3,32)33)6-5-19-7-9-22(36-2)10-8-19/h7-16H,4,17-18H2,1-3H3. The van der Waals surface area contributed by atoms with Gasteiger partial charge in [0.05, 0.1) is 30.6 Å². The first-order valence-corrected chi connectivity index (χ1v) is 16.7. The molecule has 226 valence electrons. The molecule has 0 amide bonds. The van der Waals surface area contributed by atoms with E-state index in [1.165, 1.54) is 19.2 Å². The highest BCUT2D eigenvalue weighted by Gasteiger charge is 2.33. The highest BCUT2D eigenvalue weighted by molar-refractivity contribution is 7.86. The van der Waals surface area contributed by atoms with Gasteiger partial charge in [-0.05, 0) is 67.6 Å². The van der Waals surface area contributed by atoms with Gasteiger partial charge in [-0.25, -0.2) is 4.98 Å². The maximum atomic E-state index is 14.2. The molecule has 16 heteroatoms. The van der Waals surface area contributed by atoms with E-state index in [-0.39, 0.29) is 28.6 Å². The molecule has 0 radical (unpaired) electrons. The van der Waals surface area contributed by atoms with E-state index in [2.05, 4.69) is 21.0 Å². The van der Waals surface area contributed by atoms with E-state index in [0.29, 0.717) is 11.3 Å². The van der Waals surface area contributed by atoms with Crippen molar-refractivity contribution in [1.29, 1.82) is 0 Å². The van der Waals surface area contributed by atoms with Crippen LogP contribution in [0.4, 0.5) is 13.2 Å². The minimum atomic E-state index is -4.87. The van der Waals surface area contributed by atoms with Gasteiger partial charge in [0.2, 0.25) is 0 Å². The van der Waals surface area contributed by atoms with E-state index >= 15 is 0 Å². The molecule has 0 aliphatic rings. The van der Waals surface area contributed by atoms with Gasteiger partial charge in [0.15, 0.2) is 6.61 Å².